The Kier molecular flexibility index (Phi) is 4.46. The van der Waals surface area contributed by atoms with Crippen molar-refractivity contribution < 1.29 is 19.3 Å². The Balaban J connectivity index is 2.04. The van der Waals surface area contributed by atoms with Crippen LogP contribution in [0.1, 0.15) is 12.5 Å². The minimum atomic E-state index is -0.531. The van der Waals surface area contributed by atoms with Crippen molar-refractivity contribution in [3.05, 3.63) is 39.9 Å². The Bertz CT molecular complexity index is 574. The first-order valence-electron chi connectivity index (χ1n) is 6.21. The van der Waals surface area contributed by atoms with Crippen molar-refractivity contribution in [2.45, 2.75) is 18.7 Å². The van der Waals surface area contributed by atoms with Crippen LogP contribution in [0, 0.1) is 16.0 Å². The summed E-state index contributed by atoms with van der Waals surface area (Å²) in [6.45, 7) is 1.24. The monoisotopic (exact) mass is 310 g/mol. The van der Waals surface area contributed by atoms with Gasteiger partial charge in [-0.25, -0.2) is 0 Å². The summed E-state index contributed by atoms with van der Waals surface area (Å²) < 4.78 is 0. The molecule has 1 heterocycles. The number of hydroxylamine groups is 2. The first kappa shape index (κ1) is 15.3. The number of hydrogen-bond donors (Lipinski definition) is 0. The zero-order chi connectivity index (χ0) is 15.6. The van der Waals surface area contributed by atoms with E-state index in [-0.39, 0.29) is 22.9 Å². The lowest BCUT2D eigenvalue weighted by Gasteiger charge is -2.43. The quantitative estimate of drug-likeness (QED) is 0.467. The maximum atomic E-state index is 12.0. The van der Waals surface area contributed by atoms with Crippen LogP contribution in [0.3, 0.4) is 0 Å². The Labute approximate surface area is 125 Å². The van der Waals surface area contributed by atoms with E-state index in [1.165, 1.54) is 30.8 Å². The van der Waals surface area contributed by atoms with Gasteiger partial charge in [-0.3, -0.25) is 19.7 Å². The Hall–Kier alpha value is -2.09. The fraction of sp³-hybridized carbons (Fsp3) is 0.385. The highest BCUT2D eigenvalue weighted by Gasteiger charge is 2.49. The van der Waals surface area contributed by atoms with Gasteiger partial charge in [0.25, 0.3) is 11.6 Å². The number of rotatable bonds is 5. The van der Waals surface area contributed by atoms with Crippen LogP contribution in [0.5, 0.6) is 0 Å². The van der Waals surface area contributed by atoms with E-state index in [9.17, 15) is 19.7 Å². The van der Waals surface area contributed by atoms with Crippen LogP contribution < -0.4 is 0 Å². The number of thioether (sulfide) groups is 1. The second-order valence-corrected chi connectivity index (χ2v) is 5.56. The van der Waals surface area contributed by atoms with Gasteiger partial charge in [-0.2, -0.15) is 5.06 Å². The molecule has 1 aromatic carbocycles. The third-order valence-corrected chi connectivity index (χ3v) is 4.18. The molecule has 7 nitrogen and oxygen atoms in total. The van der Waals surface area contributed by atoms with E-state index in [0.717, 1.165) is 10.6 Å². The van der Waals surface area contributed by atoms with Gasteiger partial charge in [0.15, 0.2) is 0 Å². The molecule has 1 fully saturated rings. The molecule has 1 saturated heterocycles. The molecule has 21 heavy (non-hydrogen) atoms. The zero-order valence-corrected chi connectivity index (χ0v) is 12.3. The molecule has 0 bridgehead atoms. The summed E-state index contributed by atoms with van der Waals surface area (Å²) in [7, 11) is 0. The van der Waals surface area contributed by atoms with Crippen LogP contribution in [0.25, 0.3) is 0 Å². The van der Waals surface area contributed by atoms with Gasteiger partial charge in [-0.15, -0.1) is 11.8 Å². The molecule has 2 atom stereocenters. The summed E-state index contributed by atoms with van der Waals surface area (Å²) in [5.41, 5.74) is 0.849. The molecule has 2 unspecified atom stereocenters. The fourth-order valence-corrected chi connectivity index (χ4v) is 3.06. The number of amides is 1. The van der Waals surface area contributed by atoms with E-state index in [0.29, 0.717) is 6.42 Å². The normalized spacial score (nSPS) is 20.9. The lowest BCUT2D eigenvalue weighted by Crippen LogP contribution is -2.60. The second kappa shape index (κ2) is 6.13. The van der Waals surface area contributed by atoms with Crippen LogP contribution in [0.15, 0.2) is 24.3 Å². The van der Waals surface area contributed by atoms with Crippen molar-refractivity contribution in [1.82, 2.24) is 5.06 Å². The smallest absolute Gasteiger partial charge is 0.329 e. The lowest BCUT2D eigenvalue weighted by molar-refractivity contribution is -0.384. The molecule has 1 amide bonds. The van der Waals surface area contributed by atoms with Crippen molar-refractivity contribution in [2.24, 2.45) is 5.92 Å². The lowest BCUT2D eigenvalue weighted by atomic mass is 9.92. The van der Waals surface area contributed by atoms with Crippen LogP contribution in [-0.2, 0) is 20.8 Å². The zero-order valence-electron chi connectivity index (χ0n) is 11.5. The van der Waals surface area contributed by atoms with E-state index in [4.69, 9.17) is 4.84 Å². The highest BCUT2D eigenvalue weighted by Crippen LogP contribution is 2.36. The summed E-state index contributed by atoms with van der Waals surface area (Å²) in [5, 5.41) is 11.5. The highest BCUT2D eigenvalue weighted by atomic mass is 32.2. The van der Waals surface area contributed by atoms with E-state index < -0.39 is 10.9 Å². The average Bonchev–Trinajstić information content (AvgIpc) is 2.45. The minimum Gasteiger partial charge on any atom is -0.337 e. The highest BCUT2D eigenvalue weighted by molar-refractivity contribution is 7.99. The van der Waals surface area contributed by atoms with Crippen molar-refractivity contribution in [2.75, 3.05) is 6.26 Å². The predicted molar refractivity (Wildman–Crippen MR) is 76.2 cm³/mol. The average molecular weight is 310 g/mol. The predicted octanol–water partition coefficient (Wildman–Crippen LogP) is 1.76. The van der Waals surface area contributed by atoms with Crippen LogP contribution >= 0.6 is 11.8 Å². The van der Waals surface area contributed by atoms with Gasteiger partial charge in [0.1, 0.15) is 5.37 Å². The molecule has 1 aromatic rings. The van der Waals surface area contributed by atoms with Crippen LogP contribution in [-0.4, -0.2) is 33.5 Å². The largest absolute Gasteiger partial charge is 0.337 e. The second-order valence-electron chi connectivity index (χ2n) is 4.61. The number of carbonyl (C=O) groups is 2. The molecule has 0 N–H and O–H groups in total. The van der Waals surface area contributed by atoms with Crippen molar-refractivity contribution in [3.63, 3.8) is 0 Å². The molecule has 0 radical (unpaired) electrons. The summed E-state index contributed by atoms with van der Waals surface area (Å²) in [6, 6.07) is 6.10. The fourth-order valence-electron chi connectivity index (χ4n) is 2.18. The molecule has 1 aliphatic heterocycles. The van der Waals surface area contributed by atoms with E-state index in [2.05, 4.69) is 0 Å². The molecule has 0 spiro atoms. The van der Waals surface area contributed by atoms with Gasteiger partial charge < -0.3 is 4.84 Å². The van der Waals surface area contributed by atoms with Gasteiger partial charge >= 0.3 is 5.97 Å². The number of β-lactam (4-membered cyclic amide) rings is 1. The third kappa shape index (κ3) is 3.15. The first-order chi connectivity index (χ1) is 9.93. The Morgan fingerprint density at radius 1 is 1.43 bits per heavy atom. The molecular formula is C13H14N2O5S. The molecule has 0 aromatic heterocycles. The van der Waals surface area contributed by atoms with Gasteiger partial charge in [-0.05, 0) is 18.2 Å². The van der Waals surface area contributed by atoms with Crippen LogP contribution in [0.4, 0.5) is 5.69 Å². The van der Waals surface area contributed by atoms with Gasteiger partial charge in [0.05, 0.1) is 10.8 Å². The topological polar surface area (TPSA) is 89.8 Å². The molecule has 112 valence electrons. The molecule has 0 aliphatic carbocycles. The van der Waals surface area contributed by atoms with Crippen molar-refractivity contribution in [3.8, 4) is 0 Å². The van der Waals surface area contributed by atoms with E-state index >= 15 is 0 Å². The molecule has 1 aliphatic rings. The summed E-state index contributed by atoms with van der Waals surface area (Å²) >= 11 is 1.42. The maximum Gasteiger partial charge on any atom is 0.329 e. The van der Waals surface area contributed by atoms with Gasteiger partial charge in [-0.1, -0.05) is 12.1 Å². The minimum absolute atomic E-state index is 0.0154. The van der Waals surface area contributed by atoms with Crippen molar-refractivity contribution in [1.29, 1.82) is 0 Å². The number of hydrogen-bond acceptors (Lipinski definition) is 6. The van der Waals surface area contributed by atoms with E-state index in [1.807, 2.05) is 6.26 Å². The van der Waals surface area contributed by atoms with Crippen LogP contribution in [0.2, 0.25) is 0 Å². The standard InChI is InChI=1S/C13H14N2O5S/c1-8(16)20-14-12(17)11(13(14)21-2)7-9-3-5-10(6-4-9)15(18)19/h3-6,11,13H,7H2,1-2H3. The number of benzene rings is 1. The number of carbonyl (C=O) groups excluding carboxylic acids is 2. The first-order valence-corrected chi connectivity index (χ1v) is 7.50. The summed E-state index contributed by atoms with van der Waals surface area (Å²) in [6.07, 6.45) is 2.29. The number of nitro benzene ring substituents is 1. The van der Waals surface area contributed by atoms with Gasteiger partial charge in [0, 0.05) is 19.1 Å². The SMILES string of the molecule is CSC1C(Cc2ccc([N+](=O)[O-])cc2)C(=O)N1OC(C)=O. The summed E-state index contributed by atoms with van der Waals surface area (Å²) in [5.74, 6) is -1.07. The number of non-ortho nitro benzene ring substituents is 1. The van der Waals surface area contributed by atoms with E-state index in [1.54, 1.807) is 12.1 Å². The Morgan fingerprint density at radius 3 is 2.52 bits per heavy atom. The van der Waals surface area contributed by atoms with Crippen molar-refractivity contribution >= 4 is 29.3 Å². The molecule has 8 heteroatoms. The number of nitro groups is 1. The Morgan fingerprint density at radius 2 is 2.05 bits per heavy atom. The molecule has 0 saturated carbocycles. The third-order valence-electron chi connectivity index (χ3n) is 3.18. The molecular weight excluding hydrogens is 296 g/mol. The molecule has 2 rings (SSSR count). The maximum absolute atomic E-state index is 12.0. The number of nitrogens with zero attached hydrogens (tertiary/aromatic N) is 2. The summed E-state index contributed by atoms with van der Waals surface area (Å²) in [4.78, 5) is 37.9. The van der Waals surface area contributed by atoms with Gasteiger partial charge in [0.2, 0.25) is 0 Å².